The fourth-order valence-electron chi connectivity index (χ4n) is 0.702. The van der Waals surface area contributed by atoms with E-state index in [4.69, 9.17) is 5.73 Å². The molecule has 5 heteroatoms. The van der Waals surface area contributed by atoms with Gasteiger partial charge in [0.05, 0.1) is 16.1 Å². The highest BCUT2D eigenvalue weighted by Crippen LogP contribution is 2.07. The third kappa shape index (κ3) is 2.50. The van der Waals surface area contributed by atoms with E-state index in [1.807, 2.05) is 0 Å². The molecule has 1 rings (SSSR count). The maximum absolute atomic E-state index is 12.4. The van der Waals surface area contributed by atoms with Gasteiger partial charge in [0.25, 0.3) is 0 Å². The van der Waals surface area contributed by atoms with Crippen LogP contribution in [0, 0.1) is 5.82 Å². The molecule has 0 bridgehead atoms. The van der Waals surface area contributed by atoms with Crippen LogP contribution in [0.15, 0.2) is 28.3 Å². The monoisotopic (exact) mass is 231 g/mol. The SMILES string of the molecule is NC(=NBr)Nc1ccc(F)cc1. The Labute approximate surface area is 77.8 Å². The summed E-state index contributed by atoms with van der Waals surface area (Å²) in [6.45, 7) is 0. The number of nitrogens with zero attached hydrogens (tertiary/aromatic N) is 1. The summed E-state index contributed by atoms with van der Waals surface area (Å²) in [5, 5.41) is 2.73. The van der Waals surface area contributed by atoms with Gasteiger partial charge in [-0.15, -0.1) is 0 Å². The van der Waals surface area contributed by atoms with Gasteiger partial charge in [0, 0.05) is 5.69 Å². The van der Waals surface area contributed by atoms with Crippen LogP contribution in [-0.2, 0) is 0 Å². The average molecular weight is 232 g/mol. The van der Waals surface area contributed by atoms with Gasteiger partial charge in [-0.3, -0.25) is 0 Å². The Morgan fingerprint density at radius 3 is 2.50 bits per heavy atom. The van der Waals surface area contributed by atoms with Crippen LogP contribution in [0.3, 0.4) is 0 Å². The largest absolute Gasteiger partial charge is 0.369 e. The molecule has 0 unspecified atom stereocenters. The number of rotatable bonds is 1. The third-order valence-corrected chi connectivity index (χ3v) is 1.59. The van der Waals surface area contributed by atoms with Gasteiger partial charge in [-0.05, 0) is 24.3 Å². The molecule has 3 N–H and O–H groups in total. The van der Waals surface area contributed by atoms with Crippen LogP contribution in [0.2, 0.25) is 0 Å². The fourth-order valence-corrected chi connectivity index (χ4v) is 0.791. The zero-order valence-corrected chi connectivity index (χ0v) is 7.68. The lowest BCUT2D eigenvalue weighted by Crippen LogP contribution is -2.21. The Morgan fingerprint density at radius 1 is 1.42 bits per heavy atom. The van der Waals surface area contributed by atoms with Crippen molar-refractivity contribution in [1.29, 1.82) is 0 Å². The molecule has 0 fully saturated rings. The Balaban J connectivity index is 2.71. The molecule has 0 aliphatic heterocycles. The molecule has 0 aromatic heterocycles. The van der Waals surface area contributed by atoms with Gasteiger partial charge in [-0.2, -0.15) is 4.02 Å². The Kier molecular flexibility index (Phi) is 3.04. The van der Waals surface area contributed by atoms with E-state index in [0.29, 0.717) is 5.69 Å². The lowest BCUT2D eigenvalue weighted by atomic mass is 10.3. The summed E-state index contributed by atoms with van der Waals surface area (Å²) in [5.41, 5.74) is 6.03. The van der Waals surface area contributed by atoms with Crippen molar-refractivity contribution in [2.45, 2.75) is 0 Å². The van der Waals surface area contributed by atoms with Crippen molar-refractivity contribution in [3.05, 3.63) is 30.1 Å². The van der Waals surface area contributed by atoms with E-state index >= 15 is 0 Å². The first-order valence-corrected chi connectivity index (χ1v) is 3.90. The molecular weight excluding hydrogens is 225 g/mol. The quantitative estimate of drug-likeness (QED) is 0.573. The summed E-state index contributed by atoms with van der Waals surface area (Å²) >= 11 is 2.81. The number of nitrogens with one attached hydrogen (secondary N) is 1. The molecule has 64 valence electrons. The molecule has 1 aromatic carbocycles. The minimum absolute atomic E-state index is 0.224. The van der Waals surface area contributed by atoms with Gasteiger partial charge in [0.1, 0.15) is 5.82 Å². The molecule has 0 saturated carbocycles. The summed E-state index contributed by atoms with van der Waals surface area (Å²) in [5.74, 6) is -0.0588. The number of benzene rings is 1. The summed E-state index contributed by atoms with van der Waals surface area (Å²) in [4.78, 5) is 0. The highest BCUT2D eigenvalue weighted by Gasteiger charge is 1.93. The number of halogens is 2. The molecule has 3 nitrogen and oxygen atoms in total. The van der Waals surface area contributed by atoms with Crippen LogP contribution in [0.25, 0.3) is 0 Å². The minimum Gasteiger partial charge on any atom is -0.369 e. The smallest absolute Gasteiger partial charge is 0.204 e. The van der Waals surface area contributed by atoms with Crippen LogP contribution >= 0.6 is 16.1 Å². The summed E-state index contributed by atoms with van der Waals surface area (Å²) < 4.78 is 15.9. The zero-order valence-electron chi connectivity index (χ0n) is 6.09. The number of anilines is 1. The normalized spacial score (nSPS) is 11.3. The second-order valence-corrected chi connectivity index (χ2v) is 2.46. The molecule has 0 spiro atoms. The molecular formula is C7H7BrFN3. The zero-order chi connectivity index (χ0) is 8.97. The van der Waals surface area contributed by atoms with Crippen molar-refractivity contribution in [1.82, 2.24) is 0 Å². The van der Waals surface area contributed by atoms with Crippen LogP contribution < -0.4 is 11.1 Å². The summed E-state index contributed by atoms with van der Waals surface area (Å²) in [7, 11) is 0. The van der Waals surface area contributed by atoms with E-state index in [-0.39, 0.29) is 11.8 Å². The van der Waals surface area contributed by atoms with Gasteiger partial charge in [-0.1, -0.05) is 0 Å². The van der Waals surface area contributed by atoms with Gasteiger partial charge in [0.2, 0.25) is 5.96 Å². The van der Waals surface area contributed by atoms with E-state index in [0.717, 1.165) is 0 Å². The lowest BCUT2D eigenvalue weighted by Gasteiger charge is -2.02. The molecule has 12 heavy (non-hydrogen) atoms. The van der Waals surface area contributed by atoms with E-state index in [9.17, 15) is 4.39 Å². The molecule has 0 aliphatic carbocycles. The number of hydrogen-bond donors (Lipinski definition) is 2. The first kappa shape index (κ1) is 8.99. The Morgan fingerprint density at radius 2 is 2.00 bits per heavy atom. The summed E-state index contributed by atoms with van der Waals surface area (Å²) in [6, 6.07) is 5.81. The summed E-state index contributed by atoms with van der Waals surface area (Å²) in [6.07, 6.45) is 0. The van der Waals surface area contributed by atoms with Gasteiger partial charge >= 0.3 is 0 Å². The van der Waals surface area contributed by atoms with Crippen molar-refractivity contribution < 1.29 is 4.39 Å². The molecule has 0 atom stereocenters. The van der Waals surface area contributed by atoms with Crippen LogP contribution in [-0.4, -0.2) is 5.96 Å². The molecule has 0 radical (unpaired) electrons. The van der Waals surface area contributed by atoms with E-state index in [1.165, 1.54) is 12.1 Å². The number of guanidine groups is 1. The highest BCUT2D eigenvalue weighted by atomic mass is 79.9. The third-order valence-electron chi connectivity index (χ3n) is 1.21. The average Bonchev–Trinajstić information content (AvgIpc) is 2.09. The number of hydrogen-bond acceptors (Lipinski definition) is 1. The van der Waals surface area contributed by atoms with Crippen LogP contribution in [0.5, 0.6) is 0 Å². The molecule has 1 aromatic rings. The topological polar surface area (TPSA) is 50.4 Å². The first-order chi connectivity index (χ1) is 5.72. The van der Waals surface area contributed by atoms with Crippen molar-refractivity contribution in [3.63, 3.8) is 0 Å². The predicted octanol–water partition coefficient (Wildman–Crippen LogP) is 1.86. The Bertz CT molecular complexity index is 283. The van der Waals surface area contributed by atoms with E-state index in [2.05, 4.69) is 25.5 Å². The maximum atomic E-state index is 12.4. The van der Waals surface area contributed by atoms with Crippen molar-refractivity contribution in [3.8, 4) is 0 Å². The highest BCUT2D eigenvalue weighted by molar-refractivity contribution is 9.08. The molecule has 0 saturated heterocycles. The Hall–Kier alpha value is -1.10. The van der Waals surface area contributed by atoms with E-state index in [1.54, 1.807) is 12.1 Å². The lowest BCUT2D eigenvalue weighted by molar-refractivity contribution is 0.628. The first-order valence-electron chi connectivity index (χ1n) is 3.19. The fraction of sp³-hybridized carbons (Fsp3) is 0. The number of nitrogens with two attached hydrogens (primary N) is 1. The van der Waals surface area contributed by atoms with Gasteiger partial charge in [0.15, 0.2) is 0 Å². The second-order valence-electron chi connectivity index (χ2n) is 2.10. The maximum Gasteiger partial charge on any atom is 0.204 e. The van der Waals surface area contributed by atoms with Crippen molar-refractivity contribution >= 4 is 27.8 Å². The second kappa shape index (κ2) is 4.06. The van der Waals surface area contributed by atoms with Crippen LogP contribution in [0.4, 0.5) is 10.1 Å². The van der Waals surface area contributed by atoms with Crippen molar-refractivity contribution in [2.24, 2.45) is 9.75 Å². The minimum atomic E-state index is -0.282. The van der Waals surface area contributed by atoms with Crippen LogP contribution in [0.1, 0.15) is 0 Å². The van der Waals surface area contributed by atoms with Crippen molar-refractivity contribution in [2.75, 3.05) is 5.32 Å². The van der Waals surface area contributed by atoms with E-state index < -0.39 is 0 Å². The van der Waals surface area contributed by atoms with Gasteiger partial charge < -0.3 is 11.1 Å². The molecule has 0 heterocycles. The molecule has 0 aliphatic rings. The predicted molar refractivity (Wildman–Crippen MR) is 50.6 cm³/mol. The van der Waals surface area contributed by atoms with Gasteiger partial charge in [-0.25, -0.2) is 4.39 Å². The standard InChI is InChI=1S/C7H7BrFN3/c8-12-7(10)11-6-3-1-5(9)2-4-6/h1-4H,(H3,10,11,12). The molecule has 0 amide bonds.